The van der Waals surface area contributed by atoms with Gasteiger partial charge in [0.2, 0.25) is 5.95 Å². The first-order chi connectivity index (χ1) is 9.17. The van der Waals surface area contributed by atoms with Crippen LogP contribution in [0.3, 0.4) is 0 Å². The number of para-hydroxylation sites is 1. The molecule has 0 unspecified atom stereocenters. The molecule has 0 atom stereocenters. The molecule has 1 aromatic heterocycles. The summed E-state index contributed by atoms with van der Waals surface area (Å²) in [5.74, 6) is 4.72. The minimum atomic E-state index is -0.603. The first kappa shape index (κ1) is 12.7. The SMILES string of the molecule is CN(c1ccccc1C#N)c1nc(NN)ncc1F. The van der Waals surface area contributed by atoms with Crippen LogP contribution in [0.5, 0.6) is 0 Å². The van der Waals surface area contributed by atoms with Gasteiger partial charge >= 0.3 is 0 Å². The summed E-state index contributed by atoms with van der Waals surface area (Å²) in [5, 5.41) is 9.05. The average molecular weight is 258 g/mol. The quantitative estimate of drug-likeness (QED) is 0.641. The van der Waals surface area contributed by atoms with E-state index in [1.807, 2.05) is 6.07 Å². The first-order valence-electron chi connectivity index (χ1n) is 5.39. The topological polar surface area (TPSA) is 90.9 Å². The molecular weight excluding hydrogens is 247 g/mol. The van der Waals surface area contributed by atoms with E-state index < -0.39 is 5.82 Å². The average Bonchev–Trinajstić information content (AvgIpc) is 2.47. The lowest BCUT2D eigenvalue weighted by Crippen LogP contribution is -2.17. The molecule has 0 bridgehead atoms. The third-order valence-corrected chi connectivity index (χ3v) is 2.56. The van der Waals surface area contributed by atoms with Crippen LogP contribution in [-0.2, 0) is 0 Å². The fourth-order valence-electron chi connectivity index (χ4n) is 1.64. The summed E-state index contributed by atoms with van der Waals surface area (Å²) in [7, 11) is 1.61. The molecule has 0 aliphatic heterocycles. The third-order valence-electron chi connectivity index (χ3n) is 2.56. The highest BCUT2D eigenvalue weighted by Gasteiger charge is 2.15. The fraction of sp³-hybridized carbons (Fsp3) is 0.0833. The van der Waals surface area contributed by atoms with Gasteiger partial charge in [0.1, 0.15) is 6.07 Å². The van der Waals surface area contributed by atoms with Gasteiger partial charge in [0, 0.05) is 7.05 Å². The van der Waals surface area contributed by atoms with Crippen LogP contribution in [0, 0.1) is 17.1 Å². The lowest BCUT2D eigenvalue weighted by molar-refractivity contribution is 0.614. The zero-order valence-corrected chi connectivity index (χ0v) is 10.1. The largest absolute Gasteiger partial charge is 0.326 e. The Kier molecular flexibility index (Phi) is 3.54. The van der Waals surface area contributed by atoms with E-state index in [1.54, 1.807) is 31.3 Å². The number of nitrogen functional groups attached to an aromatic ring is 1. The summed E-state index contributed by atoms with van der Waals surface area (Å²) in [4.78, 5) is 9.07. The lowest BCUT2D eigenvalue weighted by atomic mass is 10.2. The van der Waals surface area contributed by atoms with Crippen LogP contribution in [0.2, 0.25) is 0 Å². The fourth-order valence-corrected chi connectivity index (χ4v) is 1.64. The maximum absolute atomic E-state index is 13.8. The molecule has 0 saturated carbocycles. The van der Waals surface area contributed by atoms with E-state index in [0.717, 1.165) is 6.20 Å². The van der Waals surface area contributed by atoms with Crippen LogP contribution in [0.1, 0.15) is 5.56 Å². The van der Waals surface area contributed by atoms with Crippen molar-refractivity contribution in [2.24, 2.45) is 5.84 Å². The Morgan fingerprint density at radius 2 is 2.16 bits per heavy atom. The molecule has 0 amide bonds. The maximum atomic E-state index is 13.8. The molecule has 2 rings (SSSR count). The van der Waals surface area contributed by atoms with Crippen LogP contribution in [0.15, 0.2) is 30.5 Å². The van der Waals surface area contributed by atoms with Gasteiger partial charge in [-0.2, -0.15) is 10.2 Å². The van der Waals surface area contributed by atoms with Crippen LogP contribution in [-0.4, -0.2) is 17.0 Å². The van der Waals surface area contributed by atoms with Crippen molar-refractivity contribution < 1.29 is 4.39 Å². The van der Waals surface area contributed by atoms with Crippen LogP contribution < -0.4 is 16.2 Å². The molecule has 19 heavy (non-hydrogen) atoms. The predicted octanol–water partition coefficient (Wildman–Crippen LogP) is 1.54. The van der Waals surface area contributed by atoms with Crippen molar-refractivity contribution in [2.75, 3.05) is 17.4 Å². The highest BCUT2D eigenvalue weighted by molar-refractivity contribution is 5.67. The number of anilines is 3. The molecule has 0 spiro atoms. The van der Waals surface area contributed by atoms with E-state index in [1.165, 1.54) is 4.90 Å². The zero-order valence-electron chi connectivity index (χ0n) is 10.1. The van der Waals surface area contributed by atoms with Crippen molar-refractivity contribution in [3.8, 4) is 6.07 Å². The van der Waals surface area contributed by atoms with E-state index in [2.05, 4.69) is 15.4 Å². The Morgan fingerprint density at radius 3 is 2.84 bits per heavy atom. The molecule has 2 aromatic rings. The van der Waals surface area contributed by atoms with Crippen molar-refractivity contribution in [2.45, 2.75) is 0 Å². The van der Waals surface area contributed by atoms with Crippen LogP contribution >= 0.6 is 0 Å². The lowest BCUT2D eigenvalue weighted by Gasteiger charge is -2.20. The predicted molar refractivity (Wildman–Crippen MR) is 69.0 cm³/mol. The number of rotatable bonds is 3. The second-order valence-electron chi connectivity index (χ2n) is 3.70. The van der Waals surface area contributed by atoms with Gasteiger partial charge in [0.25, 0.3) is 0 Å². The Morgan fingerprint density at radius 1 is 1.42 bits per heavy atom. The number of nitrogens with one attached hydrogen (secondary N) is 1. The van der Waals surface area contributed by atoms with E-state index in [0.29, 0.717) is 11.3 Å². The smallest absolute Gasteiger partial charge is 0.239 e. The van der Waals surface area contributed by atoms with Crippen molar-refractivity contribution in [3.63, 3.8) is 0 Å². The van der Waals surface area contributed by atoms with Crippen molar-refractivity contribution >= 4 is 17.5 Å². The van der Waals surface area contributed by atoms with Gasteiger partial charge in [-0.1, -0.05) is 12.1 Å². The van der Waals surface area contributed by atoms with Gasteiger partial charge in [-0.25, -0.2) is 15.2 Å². The Labute approximate surface area is 109 Å². The van der Waals surface area contributed by atoms with Gasteiger partial charge in [-0.05, 0) is 12.1 Å². The van der Waals surface area contributed by atoms with Crippen molar-refractivity contribution in [1.82, 2.24) is 9.97 Å². The Bertz CT molecular complexity index is 636. The molecule has 0 aliphatic carbocycles. The molecule has 0 fully saturated rings. The van der Waals surface area contributed by atoms with Crippen molar-refractivity contribution in [1.29, 1.82) is 5.26 Å². The molecule has 96 valence electrons. The number of nitrogens with two attached hydrogens (primary N) is 1. The zero-order chi connectivity index (χ0) is 13.8. The number of halogens is 1. The second-order valence-corrected chi connectivity index (χ2v) is 3.70. The molecule has 7 heteroatoms. The highest BCUT2D eigenvalue weighted by atomic mass is 19.1. The summed E-state index contributed by atoms with van der Waals surface area (Å²) in [6.07, 6.45) is 1.02. The van der Waals surface area contributed by atoms with Crippen LogP contribution in [0.25, 0.3) is 0 Å². The summed E-state index contributed by atoms with van der Waals surface area (Å²) in [5.41, 5.74) is 3.22. The number of hydrazine groups is 1. The molecule has 0 aliphatic rings. The van der Waals surface area contributed by atoms with Gasteiger partial charge in [-0.3, -0.25) is 5.43 Å². The number of hydrogen-bond acceptors (Lipinski definition) is 6. The Hall–Kier alpha value is -2.72. The molecule has 6 nitrogen and oxygen atoms in total. The molecular formula is C12H11FN6. The van der Waals surface area contributed by atoms with Gasteiger partial charge < -0.3 is 4.90 Å². The number of nitriles is 1. The normalized spacial score (nSPS) is 9.79. The van der Waals surface area contributed by atoms with Gasteiger partial charge in [-0.15, -0.1) is 0 Å². The number of hydrogen-bond donors (Lipinski definition) is 2. The van der Waals surface area contributed by atoms with E-state index in [4.69, 9.17) is 11.1 Å². The Balaban J connectivity index is 2.50. The van der Waals surface area contributed by atoms with E-state index in [-0.39, 0.29) is 11.8 Å². The first-order valence-corrected chi connectivity index (χ1v) is 5.39. The molecule has 0 radical (unpaired) electrons. The van der Waals surface area contributed by atoms with Crippen LogP contribution in [0.4, 0.5) is 21.8 Å². The summed E-state index contributed by atoms with van der Waals surface area (Å²) < 4.78 is 13.8. The minimum absolute atomic E-state index is 0.0330. The summed E-state index contributed by atoms with van der Waals surface area (Å²) >= 11 is 0. The molecule has 1 aromatic carbocycles. The molecule has 3 N–H and O–H groups in total. The standard InChI is InChI=1S/C12H11FN6/c1-19(10-5-3-2-4-8(10)6-14)11-9(13)7-16-12(17-11)18-15/h2-5,7H,15H2,1H3,(H,16,17,18). The molecule has 0 saturated heterocycles. The number of benzene rings is 1. The monoisotopic (exact) mass is 258 g/mol. The minimum Gasteiger partial charge on any atom is -0.326 e. The van der Waals surface area contributed by atoms with E-state index in [9.17, 15) is 4.39 Å². The van der Waals surface area contributed by atoms with E-state index >= 15 is 0 Å². The van der Waals surface area contributed by atoms with Gasteiger partial charge in [0.05, 0.1) is 17.4 Å². The van der Waals surface area contributed by atoms with Crippen molar-refractivity contribution in [3.05, 3.63) is 41.8 Å². The number of nitrogens with zero attached hydrogens (tertiary/aromatic N) is 4. The highest BCUT2D eigenvalue weighted by Crippen LogP contribution is 2.27. The summed E-state index contributed by atoms with van der Waals surface area (Å²) in [6.45, 7) is 0. The molecule has 1 heterocycles. The maximum Gasteiger partial charge on any atom is 0.239 e. The second kappa shape index (κ2) is 5.29. The summed E-state index contributed by atoms with van der Waals surface area (Å²) in [6, 6.07) is 8.89. The third kappa shape index (κ3) is 2.43. The number of aromatic nitrogens is 2. The van der Waals surface area contributed by atoms with Gasteiger partial charge in [0.15, 0.2) is 11.6 Å².